The summed E-state index contributed by atoms with van der Waals surface area (Å²) in [7, 11) is 0. The van der Waals surface area contributed by atoms with Gasteiger partial charge in [0.2, 0.25) is 0 Å². The van der Waals surface area contributed by atoms with Gasteiger partial charge in [-0.3, -0.25) is 9.79 Å². The summed E-state index contributed by atoms with van der Waals surface area (Å²) in [6, 6.07) is 17.1. The molecule has 0 saturated heterocycles. The molecule has 1 amide bonds. The molecule has 0 heterocycles. The Morgan fingerprint density at radius 3 is 2.65 bits per heavy atom. The smallest absolute Gasteiger partial charge is 0.251 e. The first-order valence-corrected chi connectivity index (χ1v) is 7.68. The molecule has 0 bridgehead atoms. The van der Waals surface area contributed by atoms with E-state index in [1.54, 1.807) is 12.1 Å². The molecule has 0 aliphatic rings. The van der Waals surface area contributed by atoms with Gasteiger partial charge >= 0.3 is 0 Å². The van der Waals surface area contributed by atoms with Crippen molar-refractivity contribution >= 4 is 17.6 Å². The molecule has 2 rings (SSSR count). The number of carbonyl (C=O) groups is 1. The van der Waals surface area contributed by atoms with Crippen LogP contribution in [0.25, 0.3) is 0 Å². The summed E-state index contributed by atoms with van der Waals surface area (Å²) in [6.45, 7) is 2.96. The molecule has 0 atom stereocenters. The van der Waals surface area contributed by atoms with Crippen LogP contribution in [0.1, 0.15) is 22.8 Å². The standard InChI is InChI=1S/C18H22N4O/c1-2-14-7-6-10-16(13-14)22-18(19)21-12-11-20-17(23)15-8-4-3-5-9-15/h3-10,13H,2,11-12H2,1H3,(H,20,23)(H3,19,21,22). The normalized spacial score (nSPS) is 11.1. The molecular weight excluding hydrogens is 288 g/mol. The number of carbonyl (C=O) groups excluding carboxylic acids is 1. The lowest BCUT2D eigenvalue weighted by atomic mass is 10.1. The molecule has 0 aliphatic heterocycles. The number of nitrogens with two attached hydrogens (primary N) is 1. The summed E-state index contributed by atoms with van der Waals surface area (Å²) in [5.74, 6) is 0.232. The van der Waals surface area contributed by atoms with Gasteiger partial charge in [-0.15, -0.1) is 0 Å². The first-order valence-electron chi connectivity index (χ1n) is 7.68. The first kappa shape index (κ1) is 16.5. The lowest BCUT2D eigenvalue weighted by Crippen LogP contribution is -2.28. The van der Waals surface area contributed by atoms with Gasteiger partial charge in [-0.05, 0) is 36.2 Å². The number of nitrogens with one attached hydrogen (secondary N) is 2. The van der Waals surface area contributed by atoms with Gasteiger partial charge in [0.05, 0.1) is 6.54 Å². The molecule has 0 spiro atoms. The molecule has 2 aromatic carbocycles. The number of anilines is 1. The average molecular weight is 310 g/mol. The van der Waals surface area contributed by atoms with Crippen molar-refractivity contribution in [3.05, 3.63) is 65.7 Å². The minimum atomic E-state index is -0.108. The van der Waals surface area contributed by atoms with Crippen LogP contribution in [-0.2, 0) is 6.42 Å². The Morgan fingerprint density at radius 2 is 1.91 bits per heavy atom. The summed E-state index contributed by atoms with van der Waals surface area (Å²) < 4.78 is 0. The molecule has 0 saturated carbocycles. The molecule has 4 N–H and O–H groups in total. The molecule has 120 valence electrons. The van der Waals surface area contributed by atoms with Gasteiger partial charge in [0.15, 0.2) is 5.96 Å². The number of aliphatic imine (C=N–C) groups is 1. The van der Waals surface area contributed by atoms with E-state index in [-0.39, 0.29) is 5.91 Å². The predicted molar refractivity (Wildman–Crippen MR) is 94.7 cm³/mol. The molecule has 0 fully saturated rings. The Bertz CT molecular complexity index is 668. The fourth-order valence-corrected chi connectivity index (χ4v) is 2.09. The van der Waals surface area contributed by atoms with Crippen molar-refractivity contribution in [3.63, 3.8) is 0 Å². The number of amides is 1. The van der Waals surface area contributed by atoms with E-state index in [2.05, 4.69) is 28.6 Å². The molecular formula is C18H22N4O. The van der Waals surface area contributed by atoms with E-state index in [4.69, 9.17) is 5.73 Å². The maximum atomic E-state index is 11.8. The highest BCUT2D eigenvalue weighted by Crippen LogP contribution is 2.10. The second-order valence-electron chi connectivity index (χ2n) is 5.07. The summed E-state index contributed by atoms with van der Waals surface area (Å²) in [6.07, 6.45) is 0.970. The van der Waals surface area contributed by atoms with Crippen molar-refractivity contribution in [2.45, 2.75) is 13.3 Å². The summed E-state index contributed by atoms with van der Waals surface area (Å²) in [5, 5.41) is 5.86. The fourth-order valence-electron chi connectivity index (χ4n) is 2.09. The molecule has 2 aromatic rings. The lowest BCUT2D eigenvalue weighted by Gasteiger charge is -2.07. The van der Waals surface area contributed by atoms with Crippen LogP contribution in [0.4, 0.5) is 5.69 Å². The quantitative estimate of drug-likeness (QED) is 0.435. The first-order chi connectivity index (χ1) is 11.2. The van der Waals surface area contributed by atoms with E-state index in [1.165, 1.54) is 5.56 Å². The minimum Gasteiger partial charge on any atom is -0.370 e. The molecule has 0 unspecified atom stereocenters. The Hall–Kier alpha value is -2.82. The van der Waals surface area contributed by atoms with Crippen molar-refractivity contribution in [3.8, 4) is 0 Å². The molecule has 0 aromatic heterocycles. The maximum absolute atomic E-state index is 11.8. The zero-order valence-electron chi connectivity index (χ0n) is 13.3. The van der Waals surface area contributed by atoms with Crippen LogP contribution in [0.15, 0.2) is 59.6 Å². The highest BCUT2D eigenvalue weighted by atomic mass is 16.1. The van der Waals surface area contributed by atoms with E-state index in [0.29, 0.717) is 24.6 Å². The molecule has 0 aliphatic carbocycles. The van der Waals surface area contributed by atoms with E-state index >= 15 is 0 Å². The lowest BCUT2D eigenvalue weighted by molar-refractivity contribution is 0.0955. The van der Waals surface area contributed by atoms with Gasteiger partial charge in [0.25, 0.3) is 5.91 Å². The Morgan fingerprint density at radius 1 is 1.13 bits per heavy atom. The molecule has 5 nitrogen and oxygen atoms in total. The van der Waals surface area contributed by atoms with Gasteiger partial charge in [0, 0.05) is 17.8 Å². The van der Waals surface area contributed by atoms with Crippen LogP contribution < -0.4 is 16.4 Å². The van der Waals surface area contributed by atoms with Crippen molar-refractivity contribution < 1.29 is 4.79 Å². The van der Waals surface area contributed by atoms with Crippen LogP contribution in [0.3, 0.4) is 0 Å². The van der Waals surface area contributed by atoms with E-state index < -0.39 is 0 Å². The maximum Gasteiger partial charge on any atom is 0.251 e. The van der Waals surface area contributed by atoms with Crippen molar-refractivity contribution in [2.24, 2.45) is 10.7 Å². The third kappa shape index (κ3) is 5.47. The highest BCUT2D eigenvalue weighted by Gasteiger charge is 2.02. The van der Waals surface area contributed by atoms with Crippen LogP contribution in [0.5, 0.6) is 0 Å². The highest BCUT2D eigenvalue weighted by molar-refractivity contribution is 5.94. The third-order valence-electron chi connectivity index (χ3n) is 3.32. The molecule has 0 radical (unpaired) electrons. The van der Waals surface area contributed by atoms with Crippen LogP contribution in [0.2, 0.25) is 0 Å². The number of guanidine groups is 1. The number of nitrogens with zero attached hydrogens (tertiary/aromatic N) is 1. The third-order valence-corrected chi connectivity index (χ3v) is 3.32. The van der Waals surface area contributed by atoms with E-state index in [0.717, 1.165) is 12.1 Å². The number of hydrogen-bond acceptors (Lipinski definition) is 2. The summed E-state index contributed by atoms with van der Waals surface area (Å²) in [4.78, 5) is 16.1. The molecule has 5 heteroatoms. The monoisotopic (exact) mass is 310 g/mol. The predicted octanol–water partition coefficient (Wildman–Crippen LogP) is 2.41. The summed E-state index contributed by atoms with van der Waals surface area (Å²) >= 11 is 0. The second-order valence-corrected chi connectivity index (χ2v) is 5.07. The van der Waals surface area contributed by atoms with Crippen LogP contribution >= 0.6 is 0 Å². The molecule has 23 heavy (non-hydrogen) atoms. The SMILES string of the molecule is CCc1cccc(NC(N)=NCCNC(=O)c2ccccc2)c1. The van der Waals surface area contributed by atoms with Gasteiger partial charge in [-0.2, -0.15) is 0 Å². The Balaban J connectivity index is 1.77. The average Bonchev–Trinajstić information content (AvgIpc) is 2.59. The van der Waals surface area contributed by atoms with E-state index in [1.807, 2.05) is 36.4 Å². The Kier molecular flexibility index (Phi) is 6.17. The van der Waals surface area contributed by atoms with Gasteiger partial charge in [0.1, 0.15) is 0 Å². The minimum absolute atomic E-state index is 0.108. The van der Waals surface area contributed by atoms with Gasteiger partial charge < -0.3 is 16.4 Å². The summed E-state index contributed by atoms with van der Waals surface area (Å²) in [5.41, 5.74) is 8.64. The van der Waals surface area contributed by atoms with Gasteiger partial charge in [-0.25, -0.2) is 0 Å². The van der Waals surface area contributed by atoms with Crippen LogP contribution in [-0.4, -0.2) is 25.0 Å². The van der Waals surface area contributed by atoms with Crippen molar-refractivity contribution in [1.82, 2.24) is 5.32 Å². The number of benzene rings is 2. The van der Waals surface area contributed by atoms with Crippen molar-refractivity contribution in [1.29, 1.82) is 0 Å². The second kappa shape index (κ2) is 8.58. The largest absolute Gasteiger partial charge is 0.370 e. The van der Waals surface area contributed by atoms with E-state index in [9.17, 15) is 4.79 Å². The number of rotatable bonds is 6. The number of hydrogen-bond donors (Lipinski definition) is 3. The zero-order chi connectivity index (χ0) is 16.5. The Labute approximate surface area is 136 Å². The zero-order valence-corrected chi connectivity index (χ0v) is 13.3. The van der Waals surface area contributed by atoms with Crippen molar-refractivity contribution in [2.75, 3.05) is 18.4 Å². The fraction of sp³-hybridized carbons (Fsp3) is 0.222. The van der Waals surface area contributed by atoms with Gasteiger partial charge in [-0.1, -0.05) is 37.3 Å². The van der Waals surface area contributed by atoms with Crippen LogP contribution in [0, 0.1) is 0 Å². The number of aryl methyl sites for hydroxylation is 1. The topological polar surface area (TPSA) is 79.5 Å².